The maximum absolute atomic E-state index is 13.6. The molecule has 2 rings (SSSR count). The first-order valence-corrected chi connectivity index (χ1v) is 7.96. The fourth-order valence-electron chi connectivity index (χ4n) is 2.05. The number of piperazine rings is 1. The molecule has 2 heterocycles. The van der Waals surface area contributed by atoms with Crippen LogP contribution < -0.4 is 5.32 Å². The summed E-state index contributed by atoms with van der Waals surface area (Å²) in [5.74, 6) is -0.818. The van der Waals surface area contributed by atoms with Gasteiger partial charge < -0.3 is 5.32 Å². The van der Waals surface area contributed by atoms with E-state index in [0.29, 0.717) is 13.1 Å². The van der Waals surface area contributed by atoms with Crippen LogP contribution in [-0.4, -0.2) is 68.9 Å². The van der Waals surface area contributed by atoms with E-state index in [-0.39, 0.29) is 0 Å². The molecule has 0 atom stereocenters. The Kier molecular flexibility index (Phi) is 5.03. The summed E-state index contributed by atoms with van der Waals surface area (Å²) in [6.07, 6.45) is 1.28. The minimum Gasteiger partial charge on any atom is -0.314 e. The summed E-state index contributed by atoms with van der Waals surface area (Å²) >= 11 is 0. The van der Waals surface area contributed by atoms with E-state index in [1.807, 2.05) is 0 Å². The maximum atomic E-state index is 13.6. The molecule has 0 bridgehead atoms. The Balaban J connectivity index is 2.00. The average molecular weight is 302 g/mol. The molecule has 1 aliphatic heterocycles. The van der Waals surface area contributed by atoms with Gasteiger partial charge in [-0.3, -0.25) is 4.90 Å². The Morgan fingerprint density at radius 1 is 1.45 bits per heavy atom. The number of rotatable bonds is 5. The first kappa shape index (κ1) is 15.3. The molecule has 1 aromatic rings. The van der Waals surface area contributed by atoms with Crippen molar-refractivity contribution in [1.29, 1.82) is 0 Å². The van der Waals surface area contributed by atoms with Gasteiger partial charge in [0, 0.05) is 52.5 Å². The van der Waals surface area contributed by atoms with E-state index >= 15 is 0 Å². The third-order valence-corrected chi connectivity index (χ3v) is 5.11. The number of hydrogen-bond acceptors (Lipinski definition) is 5. The van der Waals surface area contributed by atoms with Crippen molar-refractivity contribution in [2.75, 3.05) is 46.3 Å². The molecule has 0 aromatic carbocycles. The van der Waals surface area contributed by atoms with Crippen molar-refractivity contribution in [3.63, 3.8) is 0 Å². The van der Waals surface area contributed by atoms with Gasteiger partial charge in [0.05, 0.1) is 0 Å². The fraction of sp³-hybridized carbons (Fsp3) is 0.583. The number of likely N-dealkylation sites (N-methyl/N-ethyl adjacent to an activating group) is 1. The van der Waals surface area contributed by atoms with Crippen LogP contribution in [0.4, 0.5) is 4.39 Å². The van der Waals surface area contributed by atoms with Crippen LogP contribution in [0.25, 0.3) is 0 Å². The number of aromatic nitrogens is 1. The van der Waals surface area contributed by atoms with E-state index in [1.165, 1.54) is 19.3 Å². The van der Waals surface area contributed by atoms with E-state index in [0.717, 1.165) is 36.6 Å². The molecular weight excluding hydrogens is 283 g/mol. The minimum absolute atomic E-state index is 0.318. The topological polar surface area (TPSA) is 65.5 Å². The molecule has 1 fully saturated rings. The Morgan fingerprint density at radius 2 is 2.15 bits per heavy atom. The standard InChI is InChI=1S/C12H19FN4O2S/c1-16(9-10-17-7-5-14-6-8-17)20(18,19)12-11(13)3-2-4-15-12/h2-4,14H,5-10H2,1H3. The summed E-state index contributed by atoms with van der Waals surface area (Å²) < 4.78 is 39.1. The maximum Gasteiger partial charge on any atom is 0.263 e. The van der Waals surface area contributed by atoms with Crippen LogP contribution in [0.15, 0.2) is 23.4 Å². The minimum atomic E-state index is -3.87. The molecule has 1 N–H and O–H groups in total. The van der Waals surface area contributed by atoms with E-state index < -0.39 is 20.9 Å². The van der Waals surface area contributed by atoms with Crippen LogP contribution >= 0.6 is 0 Å². The average Bonchev–Trinajstić information content (AvgIpc) is 2.46. The fourth-order valence-corrected chi connectivity index (χ4v) is 3.17. The Bertz CT molecular complexity index is 546. The molecule has 0 spiro atoms. The summed E-state index contributed by atoms with van der Waals surface area (Å²) in [6.45, 7) is 4.55. The second-order valence-corrected chi connectivity index (χ2v) is 6.67. The van der Waals surface area contributed by atoms with Gasteiger partial charge in [-0.1, -0.05) is 0 Å². The zero-order valence-corrected chi connectivity index (χ0v) is 12.2. The van der Waals surface area contributed by atoms with Crippen molar-refractivity contribution in [2.45, 2.75) is 5.03 Å². The van der Waals surface area contributed by atoms with E-state index in [1.54, 1.807) is 0 Å². The van der Waals surface area contributed by atoms with Crippen molar-refractivity contribution in [3.8, 4) is 0 Å². The zero-order chi connectivity index (χ0) is 14.6. The Hall–Kier alpha value is -1.09. The molecule has 20 heavy (non-hydrogen) atoms. The predicted molar refractivity (Wildman–Crippen MR) is 73.3 cm³/mol. The van der Waals surface area contributed by atoms with Gasteiger partial charge in [0.1, 0.15) is 0 Å². The molecule has 1 saturated heterocycles. The summed E-state index contributed by atoms with van der Waals surface area (Å²) in [5, 5.41) is 2.72. The summed E-state index contributed by atoms with van der Waals surface area (Å²) in [4.78, 5) is 5.82. The number of nitrogens with zero attached hydrogens (tertiary/aromatic N) is 3. The first-order valence-electron chi connectivity index (χ1n) is 6.52. The van der Waals surface area contributed by atoms with Crippen molar-refractivity contribution in [1.82, 2.24) is 19.5 Å². The number of nitrogens with one attached hydrogen (secondary N) is 1. The van der Waals surface area contributed by atoms with Crippen molar-refractivity contribution in [2.24, 2.45) is 0 Å². The highest BCUT2D eigenvalue weighted by atomic mass is 32.2. The van der Waals surface area contributed by atoms with Gasteiger partial charge in [-0.2, -0.15) is 4.31 Å². The van der Waals surface area contributed by atoms with Gasteiger partial charge in [0.2, 0.25) is 5.03 Å². The second-order valence-electron chi connectivity index (χ2n) is 4.71. The van der Waals surface area contributed by atoms with Gasteiger partial charge >= 0.3 is 0 Å². The summed E-state index contributed by atoms with van der Waals surface area (Å²) in [6, 6.07) is 2.47. The monoisotopic (exact) mass is 302 g/mol. The van der Waals surface area contributed by atoms with Crippen LogP contribution in [0.3, 0.4) is 0 Å². The molecule has 0 aliphatic carbocycles. The molecular formula is C12H19FN4O2S. The van der Waals surface area contributed by atoms with Crippen LogP contribution in [0.1, 0.15) is 0 Å². The smallest absolute Gasteiger partial charge is 0.263 e. The van der Waals surface area contributed by atoms with Crippen molar-refractivity contribution < 1.29 is 12.8 Å². The lowest BCUT2D eigenvalue weighted by Crippen LogP contribution is -2.46. The van der Waals surface area contributed by atoms with Gasteiger partial charge in [-0.15, -0.1) is 0 Å². The zero-order valence-electron chi connectivity index (χ0n) is 11.4. The highest BCUT2D eigenvalue weighted by Gasteiger charge is 2.26. The lowest BCUT2D eigenvalue weighted by molar-refractivity contribution is 0.229. The molecule has 8 heteroatoms. The van der Waals surface area contributed by atoms with Gasteiger partial charge in [-0.05, 0) is 12.1 Å². The lowest BCUT2D eigenvalue weighted by Gasteiger charge is -2.28. The van der Waals surface area contributed by atoms with E-state index in [4.69, 9.17) is 0 Å². The summed E-state index contributed by atoms with van der Waals surface area (Å²) in [5.41, 5.74) is 0. The highest BCUT2D eigenvalue weighted by Crippen LogP contribution is 2.14. The number of sulfonamides is 1. The molecule has 0 saturated carbocycles. The largest absolute Gasteiger partial charge is 0.314 e. The summed E-state index contributed by atoms with van der Waals surface area (Å²) in [7, 11) is -2.42. The SMILES string of the molecule is CN(CCN1CCNCC1)S(=O)(=O)c1ncccc1F. The number of pyridine rings is 1. The molecule has 0 unspecified atom stereocenters. The van der Waals surface area contributed by atoms with Crippen LogP contribution in [0.2, 0.25) is 0 Å². The van der Waals surface area contributed by atoms with E-state index in [9.17, 15) is 12.8 Å². The Morgan fingerprint density at radius 3 is 2.80 bits per heavy atom. The highest BCUT2D eigenvalue weighted by molar-refractivity contribution is 7.89. The van der Waals surface area contributed by atoms with Gasteiger partial charge in [-0.25, -0.2) is 17.8 Å². The van der Waals surface area contributed by atoms with Crippen molar-refractivity contribution in [3.05, 3.63) is 24.1 Å². The van der Waals surface area contributed by atoms with E-state index in [2.05, 4.69) is 15.2 Å². The number of halogens is 1. The lowest BCUT2D eigenvalue weighted by atomic mass is 10.3. The molecule has 0 amide bonds. The first-order chi connectivity index (χ1) is 9.51. The third-order valence-electron chi connectivity index (χ3n) is 3.32. The molecule has 6 nitrogen and oxygen atoms in total. The Labute approximate surface area is 118 Å². The second kappa shape index (κ2) is 6.57. The van der Waals surface area contributed by atoms with Crippen molar-refractivity contribution >= 4 is 10.0 Å². The number of hydrogen-bond donors (Lipinski definition) is 1. The van der Waals surface area contributed by atoms with Gasteiger partial charge in [0.15, 0.2) is 5.82 Å². The predicted octanol–water partition coefficient (Wildman–Crippen LogP) is -0.254. The third kappa shape index (κ3) is 3.51. The van der Waals surface area contributed by atoms with Crippen LogP contribution in [-0.2, 0) is 10.0 Å². The van der Waals surface area contributed by atoms with Gasteiger partial charge in [0.25, 0.3) is 10.0 Å². The van der Waals surface area contributed by atoms with Crippen LogP contribution in [0, 0.1) is 5.82 Å². The molecule has 112 valence electrons. The molecule has 1 aromatic heterocycles. The quantitative estimate of drug-likeness (QED) is 0.812. The molecule has 0 radical (unpaired) electrons. The van der Waals surface area contributed by atoms with Crippen LogP contribution in [0.5, 0.6) is 0 Å². The normalized spacial score (nSPS) is 17.6. The molecule has 1 aliphatic rings.